The van der Waals surface area contributed by atoms with Crippen LogP contribution < -0.4 is 0 Å². The second kappa shape index (κ2) is 9.70. The predicted octanol–water partition coefficient (Wildman–Crippen LogP) is 8.43. The molecule has 0 aromatic carbocycles. The lowest BCUT2D eigenvalue weighted by Crippen LogP contribution is -2.67. The summed E-state index contributed by atoms with van der Waals surface area (Å²) < 4.78 is 12.9. The minimum absolute atomic E-state index is 0.0457. The molecule has 0 aromatic heterocycles. The summed E-state index contributed by atoms with van der Waals surface area (Å²) in [4.78, 5) is 23.6. The first kappa shape index (κ1) is 29.9. The van der Waals surface area contributed by atoms with Crippen molar-refractivity contribution in [1.29, 1.82) is 0 Å². The number of hydrogen-bond donors (Lipinski definition) is 1. The Labute approximate surface area is 249 Å². The van der Waals surface area contributed by atoms with Crippen LogP contribution in [0.3, 0.4) is 0 Å². The zero-order chi connectivity index (χ0) is 29.6. The van der Waals surface area contributed by atoms with Crippen LogP contribution in [0.1, 0.15) is 138 Å². The van der Waals surface area contributed by atoms with E-state index < -0.39 is 5.97 Å². The Bertz CT molecular complexity index is 1060. The quantitative estimate of drug-likeness (QED) is 0.256. The van der Waals surface area contributed by atoms with E-state index in [1.54, 1.807) is 0 Å². The Morgan fingerprint density at radius 2 is 1.49 bits per heavy atom. The van der Waals surface area contributed by atoms with E-state index in [-0.39, 0.29) is 29.3 Å². The highest BCUT2D eigenvalue weighted by Crippen LogP contribution is 2.78. The first-order valence-electron chi connectivity index (χ1n) is 17.1. The van der Waals surface area contributed by atoms with Gasteiger partial charge in [-0.25, -0.2) is 0 Å². The normalized spacial score (nSPS) is 49.1. The number of rotatable bonds is 6. The van der Waals surface area contributed by atoms with Gasteiger partial charge in [0.2, 0.25) is 0 Å². The summed E-state index contributed by atoms with van der Waals surface area (Å²) >= 11 is 0. The lowest BCUT2D eigenvalue weighted by Gasteiger charge is -2.73. The SMILES string of the molecule is CC1(C)CCC23CC[C@]4(C)C(CCC5[C@@]6(C)CC[C@H](OC(=O)CCCCC(=O)O)C(C)(C)C6CC[C@]54C)C2C1OC3. The van der Waals surface area contributed by atoms with E-state index >= 15 is 0 Å². The van der Waals surface area contributed by atoms with Crippen molar-refractivity contribution in [1.82, 2.24) is 0 Å². The first-order chi connectivity index (χ1) is 19.1. The zero-order valence-corrected chi connectivity index (χ0v) is 27.2. The highest BCUT2D eigenvalue weighted by molar-refractivity contribution is 5.70. The number of aliphatic carboxylic acids is 1. The zero-order valence-electron chi connectivity index (χ0n) is 27.2. The van der Waals surface area contributed by atoms with Crippen LogP contribution in [0.15, 0.2) is 0 Å². The fraction of sp³-hybridized carbons (Fsp3) is 0.944. The Balaban J connectivity index is 1.21. The molecular weight excluding hydrogens is 512 g/mol. The number of ether oxygens (including phenoxy) is 2. The van der Waals surface area contributed by atoms with Crippen molar-refractivity contribution >= 4 is 11.9 Å². The van der Waals surface area contributed by atoms with Crippen LogP contribution in [-0.2, 0) is 19.1 Å². The van der Waals surface area contributed by atoms with E-state index in [2.05, 4.69) is 48.5 Å². The first-order valence-corrected chi connectivity index (χ1v) is 17.1. The largest absolute Gasteiger partial charge is 0.481 e. The summed E-state index contributed by atoms with van der Waals surface area (Å²) in [7, 11) is 0. The maximum absolute atomic E-state index is 12.8. The smallest absolute Gasteiger partial charge is 0.306 e. The predicted molar refractivity (Wildman–Crippen MR) is 160 cm³/mol. The fourth-order valence-corrected chi connectivity index (χ4v) is 12.9. The summed E-state index contributed by atoms with van der Waals surface area (Å²) in [6.07, 6.45) is 14.7. The van der Waals surface area contributed by atoms with Gasteiger partial charge in [-0.3, -0.25) is 9.59 Å². The maximum atomic E-state index is 12.8. The summed E-state index contributed by atoms with van der Waals surface area (Å²) in [6, 6.07) is 0. The van der Waals surface area contributed by atoms with Crippen molar-refractivity contribution in [3.8, 4) is 0 Å². The molecule has 1 N–H and O–H groups in total. The molecule has 2 bridgehead atoms. The summed E-state index contributed by atoms with van der Waals surface area (Å²) in [5.74, 6) is 1.83. The molecule has 1 heterocycles. The number of hydrogen-bond acceptors (Lipinski definition) is 4. The third kappa shape index (κ3) is 4.23. The monoisotopic (exact) mass is 570 g/mol. The lowest BCUT2D eigenvalue weighted by molar-refractivity contribution is -0.254. The Hall–Kier alpha value is -1.10. The molecule has 0 amide bonds. The van der Waals surface area contributed by atoms with Crippen LogP contribution in [-0.4, -0.2) is 35.9 Å². The van der Waals surface area contributed by atoms with Gasteiger partial charge in [0.1, 0.15) is 6.10 Å². The minimum atomic E-state index is -0.797. The average Bonchev–Trinajstić information content (AvgIpc) is 3.22. The molecule has 5 aliphatic carbocycles. The average molecular weight is 571 g/mol. The number of carboxylic acid groups (broad SMARTS) is 1. The second-order valence-electron chi connectivity index (χ2n) is 17.7. The molecule has 0 radical (unpaired) electrons. The molecule has 10 atom stereocenters. The van der Waals surface area contributed by atoms with Crippen molar-refractivity contribution in [3.63, 3.8) is 0 Å². The molecule has 5 heteroatoms. The van der Waals surface area contributed by atoms with E-state index in [1.807, 2.05) is 0 Å². The van der Waals surface area contributed by atoms with Gasteiger partial charge in [-0.1, -0.05) is 48.5 Å². The van der Waals surface area contributed by atoms with Crippen molar-refractivity contribution in [3.05, 3.63) is 0 Å². The fourth-order valence-electron chi connectivity index (χ4n) is 12.9. The van der Waals surface area contributed by atoms with Crippen LogP contribution >= 0.6 is 0 Å². The van der Waals surface area contributed by atoms with Gasteiger partial charge in [-0.05, 0) is 128 Å². The molecule has 0 aromatic rings. The van der Waals surface area contributed by atoms with E-state index in [0.717, 1.165) is 31.3 Å². The van der Waals surface area contributed by atoms with E-state index in [0.29, 0.717) is 58.9 Å². The van der Waals surface area contributed by atoms with Gasteiger partial charge < -0.3 is 14.6 Å². The van der Waals surface area contributed by atoms with Gasteiger partial charge >= 0.3 is 11.9 Å². The minimum Gasteiger partial charge on any atom is -0.481 e. The molecule has 6 aliphatic rings. The Kier molecular flexibility index (Phi) is 7.09. The van der Waals surface area contributed by atoms with E-state index in [9.17, 15) is 9.59 Å². The number of unbranched alkanes of at least 4 members (excludes halogenated alkanes) is 1. The number of fused-ring (bicyclic) bond motifs is 5. The second-order valence-corrected chi connectivity index (χ2v) is 17.7. The van der Waals surface area contributed by atoms with Gasteiger partial charge in [-0.15, -0.1) is 0 Å². The van der Waals surface area contributed by atoms with Gasteiger partial charge in [0.15, 0.2) is 0 Å². The number of carbonyl (C=O) groups is 2. The highest BCUT2D eigenvalue weighted by Gasteiger charge is 2.72. The van der Waals surface area contributed by atoms with Gasteiger partial charge in [-0.2, -0.15) is 0 Å². The molecule has 1 aliphatic heterocycles. The molecule has 6 unspecified atom stereocenters. The van der Waals surface area contributed by atoms with Crippen LogP contribution in [0.25, 0.3) is 0 Å². The maximum Gasteiger partial charge on any atom is 0.306 e. The molecule has 6 fully saturated rings. The number of esters is 1. The van der Waals surface area contributed by atoms with Gasteiger partial charge in [0.25, 0.3) is 0 Å². The lowest BCUT2D eigenvalue weighted by atomic mass is 9.31. The Morgan fingerprint density at radius 1 is 0.780 bits per heavy atom. The third-order valence-electron chi connectivity index (χ3n) is 15.4. The topological polar surface area (TPSA) is 72.8 Å². The number of carboxylic acids is 1. The van der Waals surface area contributed by atoms with E-state index in [4.69, 9.17) is 14.6 Å². The molecule has 232 valence electrons. The summed E-state index contributed by atoms with van der Waals surface area (Å²) in [6.45, 7) is 18.7. The van der Waals surface area contributed by atoms with Crippen molar-refractivity contribution in [2.24, 2.45) is 56.2 Å². The van der Waals surface area contributed by atoms with Crippen LogP contribution in [0.4, 0.5) is 0 Å². The molecule has 1 saturated heterocycles. The standard InChI is InChI=1S/C36H58O5/c1-31(2)18-20-36-21-19-34(6)23(29(36)30(31)40-22-36)12-13-25-33(5)16-15-26(41-28(39)11-9-8-10-27(37)38)32(3,4)24(33)14-17-35(25,34)7/h23-26,29-30H,8-22H2,1-7H3,(H,37,38)/t23?,24?,25?,26-,29?,30?,33-,34+,35+,36?/m0/s1. The van der Waals surface area contributed by atoms with Crippen LogP contribution in [0.2, 0.25) is 0 Å². The van der Waals surface area contributed by atoms with Crippen molar-refractivity contribution in [2.45, 2.75) is 151 Å². The van der Waals surface area contributed by atoms with E-state index in [1.165, 1.54) is 51.4 Å². The highest BCUT2D eigenvalue weighted by atomic mass is 16.5. The van der Waals surface area contributed by atoms with Gasteiger partial charge in [0.05, 0.1) is 12.7 Å². The summed E-state index contributed by atoms with van der Waals surface area (Å²) in [5, 5.41) is 8.90. The number of carbonyl (C=O) groups excluding carboxylic acids is 1. The molecule has 6 rings (SSSR count). The molecule has 5 saturated carbocycles. The molecular formula is C36H58O5. The molecule has 0 spiro atoms. The molecule has 5 nitrogen and oxygen atoms in total. The van der Waals surface area contributed by atoms with Crippen molar-refractivity contribution in [2.75, 3.05) is 6.61 Å². The third-order valence-corrected chi connectivity index (χ3v) is 15.4. The van der Waals surface area contributed by atoms with Gasteiger partial charge in [0, 0.05) is 18.3 Å². The summed E-state index contributed by atoms with van der Waals surface area (Å²) in [5.41, 5.74) is 1.64. The Morgan fingerprint density at radius 3 is 2.22 bits per heavy atom. The van der Waals surface area contributed by atoms with Crippen molar-refractivity contribution < 1.29 is 24.2 Å². The van der Waals surface area contributed by atoms with Crippen LogP contribution in [0.5, 0.6) is 0 Å². The molecule has 41 heavy (non-hydrogen) atoms. The van der Waals surface area contributed by atoms with Crippen LogP contribution in [0, 0.1) is 56.2 Å².